The van der Waals surface area contributed by atoms with Crippen LogP contribution in [0.3, 0.4) is 0 Å². The summed E-state index contributed by atoms with van der Waals surface area (Å²) in [6.45, 7) is 10.5. The fraction of sp³-hybridized carbons (Fsp3) is 0.345. The molecular formula is C29H33N3O6. The van der Waals surface area contributed by atoms with E-state index in [1.165, 1.54) is 0 Å². The van der Waals surface area contributed by atoms with Gasteiger partial charge in [0.15, 0.2) is 0 Å². The van der Waals surface area contributed by atoms with Gasteiger partial charge in [-0.1, -0.05) is 30.3 Å². The van der Waals surface area contributed by atoms with Crippen molar-refractivity contribution in [2.24, 2.45) is 0 Å². The molecule has 9 heteroatoms. The summed E-state index contributed by atoms with van der Waals surface area (Å²) in [5.41, 5.74) is 5.67. The minimum absolute atomic E-state index is 0.148. The highest BCUT2D eigenvalue weighted by molar-refractivity contribution is 5.73. The Balaban J connectivity index is 1.45. The molecule has 0 spiro atoms. The van der Waals surface area contributed by atoms with Crippen molar-refractivity contribution in [2.75, 3.05) is 6.61 Å². The summed E-state index contributed by atoms with van der Waals surface area (Å²) in [5, 5.41) is 9.91. The second-order valence-corrected chi connectivity index (χ2v) is 10.0. The van der Waals surface area contributed by atoms with Gasteiger partial charge in [0.1, 0.15) is 12.4 Å². The maximum atomic E-state index is 11.6. The number of pyridine rings is 1. The molecule has 2 aromatic carbocycles. The standard InChI is InChI=1S/C29H33N3O6/c1-18-15-25(36-14-13-29(4,5)35)30-20(3)26(18)24-8-6-7-22(19(24)2)17-37-23-11-9-21(10-12-23)16-32-27(33)31-28(34)38-32/h6-12,15,35H,13-14,16-17H2,1-5H3,(H,31,33,34). The predicted octanol–water partition coefficient (Wildman–Crippen LogP) is 4.28. The zero-order chi connectivity index (χ0) is 27.4. The lowest BCUT2D eigenvalue weighted by Gasteiger charge is -2.19. The Hall–Kier alpha value is -4.11. The van der Waals surface area contributed by atoms with E-state index in [9.17, 15) is 14.7 Å². The van der Waals surface area contributed by atoms with Crippen molar-refractivity contribution < 1.29 is 19.1 Å². The van der Waals surface area contributed by atoms with Crippen molar-refractivity contribution in [2.45, 2.75) is 59.8 Å². The second kappa shape index (κ2) is 11.1. The molecule has 200 valence electrons. The number of nitrogens with zero attached hydrogens (tertiary/aromatic N) is 2. The molecule has 0 atom stereocenters. The van der Waals surface area contributed by atoms with E-state index in [-0.39, 0.29) is 6.54 Å². The molecule has 0 aliphatic rings. The SMILES string of the molecule is Cc1cc(OCCC(C)(C)O)nc(C)c1-c1cccc(COc2ccc(Cn3oc(=O)[nH]c3=O)cc2)c1C. The molecule has 2 aromatic heterocycles. The van der Waals surface area contributed by atoms with E-state index < -0.39 is 17.0 Å². The first-order chi connectivity index (χ1) is 18.0. The molecule has 0 aliphatic carbocycles. The number of aliphatic hydroxyl groups is 1. The second-order valence-electron chi connectivity index (χ2n) is 10.0. The van der Waals surface area contributed by atoms with E-state index in [4.69, 9.17) is 14.0 Å². The summed E-state index contributed by atoms with van der Waals surface area (Å²) in [4.78, 5) is 29.5. The van der Waals surface area contributed by atoms with Gasteiger partial charge in [0.25, 0.3) is 0 Å². The topological polar surface area (TPSA) is 120 Å². The zero-order valence-corrected chi connectivity index (χ0v) is 22.3. The van der Waals surface area contributed by atoms with Gasteiger partial charge >= 0.3 is 11.4 Å². The van der Waals surface area contributed by atoms with Gasteiger partial charge in [-0.05, 0) is 74.6 Å². The summed E-state index contributed by atoms with van der Waals surface area (Å²) < 4.78 is 17.6. The summed E-state index contributed by atoms with van der Waals surface area (Å²) >= 11 is 0. The first kappa shape index (κ1) is 26.9. The van der Waals surface area contributed by atoms with Crippen LogP contribution < -0.4 is 20.9 Å². The van der Waals surface area contributed by atoms with Crippen molar-refractivity contribution >= 4 is 0 Å². The number of hydrogen-bond acceptors (Lipinski definition) is 7. The van der Waals surface area contributed by atoms with Crippen molar-refractivity contribution in [1.29, 1.82) is 0 Å². The van der Waals surface area contributed by atoms with Crippen LogP contribution in [-0.2, 0) is 13.2 Å². The normalized spacial score (nSPS) is 11.5. The first-order valence-electron chi connectivity index (χ1n) is 12.4. The molecule has 0 unspecified atom stereocenters. The van der Waals surface area contributed by atoms with E-state index >= 15 is 0 Å². The molecule has 0 fully saturated rings. The van der Waals surface area contributed by atoms with E-state index in [1.54, 1.807) is 13.8 Å². The van der Waals surface area contributed by atoms with Crippen LogP contribution in [0.15, 0.2) is 62.6 Å². The smallest absolute Gasteiger partial charge is 0.440 e. The lowest BCUT2D eigenvalue weighted by atomic mass is 9.93. The maximum absolute atomic E-state index is 11.6. The van der Waals surface area contributed by atoms with Crippen molar-refractivity contribution in [3.05, 3.63) is 97.5 Å². The number of ether oxygens (including phenoxy) is 2. The Morgan fingerprint density at radius 3 is 2.42 bits per heavy atom. The fourth-order valence-electron chi connectivity index (χ4n) is 4.23. The van der Waals surface area contributed by atoms with E-state index in [0.717, 1.165) is 43.8 Å². The number of hydrogen-bond donors (Lipinski definition) is 2. The van der Waals surface area contributed by atoms with Gasteiger partial charge in [0.05, 0.1) is 18.8 Å². The zero-order valence-electron chi connectivity index (χ0n) is 22.3. The number of aromatic amines is 1. The molecule has 0 saturated carbocycles. The van der Waals surface area contributed by atoms with Crippen LogP contribution in [0.1, 0.15) is 48.2 Å². The Labute approximate surface area is 220 Å². The molecule has 0 radical (unpaired) electrons. The van der Waals surface area contributed by atoms with E-state index in [0.29, 0.717) is 31.3 Å². The summed E-state index contributed by atoms with van der Waals surface area (Å²) in [6.07, 6.45) is 0.517. The van der Waals surface area contributed by atoms with Crippen molar-refractivity contribution in [3.8, 4) is 22.8 Å². The summed E-state index contributed by atoms with van der Waals surface area (Å²) in [7, 11) is 0. The Bertz CT molecular complexity index is 1500. The molecule has 0 bridgehead atoms. The Kier molecular flexibility index (Phi) is 7.87. The van der Waals surface area contributed by atoms with Crippen LogP contribution in [-0.4, -0.2) is 32.0 Å². The minimum atomic E-state index is -0.784. The third-order valence-corrected chi connectivity index (χ3v) is 6.33. The highest BCUT2D eigenvalue weighted by atomic mass is 16.5. The van der Waals surface area contributed by atoms with Gasteiger partial charge in [-0.3, -0.25) is 0 Å². The largest absolute Gasteiger partial charge is 0.489 e. The van der Waals surface area contributed by atoms with Gasteiger partial charge in [-0.25, -0.2) is 19.6 Å². The number of aryl methyl sites for hydroxylation is 2. The lowest BCUT2D eigenvalue weighted by Crippen LogP contribution is -2.22. The van der Waals surface area contributed by atoms with Crippen LogP contribution in [0, 0.1) is 20.8 Å². The van der Waals surface area contributed by atoms with E-state index in [2.05, 4.69) is 23.0 Å². The van der Waals surface area contributed by atoms with Crippen LogP contribution >= 0.6 is 0 Å². The van der Waals surface area contributed by atoms with Gasteiger partial charge in [-0.15, -0.1) is 4.74 Å². The molecule has 4 aromatic rings. The van der Waals surface area contributed by atoms with Crippen molar-refractivity contribution in [3.63, 3.8) is 0 Å². The molecule has 0 aliphatic heterocycles. The number of nitrogens with one attached hydrogen (secondary N) is 1. The molecular weight excluding hydrogens is 486 g/mol. The van der Waals surface area contributed by atoms with Crippen LogP contribution in [0.4, 0.5) is 0 Å². The maximum Gasteiger partial charge on any atom is 0.440 e. The molecule has 38 heavy (non-hydrogen) atoms. The third-order valence-electron chi connectivity index (χ3n) is 6.33. The lowest BCUT2D eigenvalue weighted by molar-refractivity contribution is 0.0547. The number of aromatic nitrogens is 3. The Morgan fingerprint density at radius 2 is 1.79 bits per heavy atom. The Morgan fingerprint density at radius 1 is 1.05 bits per heavy atom. The fourth-order valence-corrected chi connectivity index (χ4v) is 4.23. The first-order valence-corrected chi connectivity index (χ1v) is 12.4. The third kappa shape index (κ3) is 6.60. The molecule has 0 saturated heterocycles. The van der Waals surface area contributed by atoms with Gasteiger partial charge in [0, 0.05) is 23.7 Å². The van der Waals surface area contributed by atoms with Crippen LogP contribution in [0.5, 0.6) is 11.6 Å². The molecule has 4 rings (SSSR count). The van der Waals surface area contributed by atoms with Gasteiger partial charge in [-0.2, -0.15) is 0 Å². The molecule has 2 N–H and O–H groups in total. The number of benzene rings is 2. The van der Waals surface area contributed by atoms with Crippen molar-refractivity contribution in [1.82, 2.24) is 14.7 Å². The molecule has 9 nitrogen and oxygen atoms in total. The van der Waals surface area contributed by atoms with Crippen LogP contribution in [0.25, 0.3) is 11.1 Å². The monoisotopic (exact) mass is 519 g/mol. The van der Waals surface area contributed by atoms with E-state index in [1.807, 2.05) is 56.3 Å². The van der Waals surface area contributed by atoms with Gasteiger partial charge < -0.3 is 19.1 Å². The summed E-state index contributed by atoms with van der Waals surface area (Å²) in [6, 6.07) is 15.4. The predicted molar refractivity (Wildman–Crippen MR) is 144 cm³/mol. The average Bonchev–Trinajstić information content (AvgIpc) is 3.15. The number of rotatable bonds is 10. The van der Waals surface area contributed by atoms with Crippen LogP contribution in [0.2, 0.25) is 0 Å². The van der Waals surface area contributed by atoms with Gasteiger partial charge in [0.2, 0.25) is 5.88 Å². The average molecular weight is 520 g/mol. The molecule has 0 amide bonds. The quantitative estimate of drug-likeness (QED) is 0.321. The molecule has 2 heterocycles. The minimum Gasteiger partial charge on any atom is -0.489 e. The highest BCUT2D eigenvalue weighted by Crippen LogP contribution is 2.33. The highest BCUT2D eigenvalue weighted by Gasteiger charge is 2.16. The summed E-state index contributed by atoms with van der Waals surface area (Å²) in [5.74, 6) is 0.459. The number of H-pyrrole nitrogens is 1.